The molecule has 21 heavy (non-hydrogen) atoms. The molecule has 1 rings (SSSR count). The molecule has 3 amide bonds. The molecule has 0 saturated carbocycles. The molecule has 0 aliphatic rings. The van der Waals surface area contributed by atoms with E-state index in [1.165, 1.54) is 12.1 Å². The Morgan fingerprint density at radius 2 is 2.05 bits per heavy atom. The molecule has 0 spiro atoms. The zero-order valence-electron chi connectivity index (χ0n) is 11.4. The summed E-state index contributed by atoms with van der Waals surface area (Å²) in [6.07, 6.45) is -0.295. The molecule has 0 bridgehead atoms. The summed E-state index contributed by atoms with van der Waals surface area (Å²) in [7, 11) is 0. The lowest BCUT2D eigenvalue weighted by molar-refractivity contribution is -0.139. The number of carbonyl (C=O) groups excluding carboxylic acids is 2. The smallest absolute Gasteiger partial charge is 0.326 e. The Balaban J connectivity index is 2.67. The number of aryl methyl sites for hydroxylation is 1. The van der Waals surface area contributed by atoms with Gasteiger partial charge in [-0.25, -0.2) is 14.0 Å². The highest BCUT2D eigenvalue weighted by Crippen LogP contribution is 2.15. The first-order valence-corrected chi connectivity index (χ1v) is 6.14. The summed E-state index contributed by atoms with van der Waals surface area (Å²) >= 11 is 0. The van der Waals surface area contributed by atoms with E-state index in [1.54, 1.807) is 6.92 Å². The Bertz CT molecular complexity index is 562. The molecule has 8 heteroatoms. The van der Waals surface area contributed by atoms with Gasteiger partial charge in [-0.3, -0.25) is 4.79 Å². The number of halogens is 1. The van der Waals surface area contributed by atoms with E-state index in [0.29, 0.717) is 5.56 Å². The lowest BCUT2D eigenvalue weighted by Gasteiger charge is -2.15. The van der Waals surface area contributed by atoms with Crippen molar-refractivity contribution < 1.29 is 23.9 Å². The quantitative estimate of drug-likeness (QED) is 0.625. The Morgan fingerprint density at radius 3 is 2.62 bits per heavy atom. The third kappa shape index (κ3) is 5.47. The molecule has 7 nitrogen and oxygen atoms in total. The fourth-order valence-corrected chi connectivity index (χ4v) is 1.59. The van der Waals surface area contributed by atoms with E-state index in [-0.39, 0.29) is 18.5 Å². The van der Waals surface area contributed by atoms with Crippen molar-refractivity contribution in [2.24, 2.45) is 5.73 Å². The molecule has 1 aromatic carbocycles. The number of carboxylic acid groups (broad SMARTS) is 1. The third-order valence-electron chi connectivity index (χ3n) is 2.73. The van der Waals surface area contributed by atoms with Crippen molar-refractivity contribution in [3.05, 3.63) is 29.6 Å². The van der Waals surface area contributed by atoms with Gasteiger partial charge in [0.15, 0.2) is 0 Å². The zero-order valence-corrected chi connectivity index (χ0v) is 11.4. The normalized spacial score (nSPS) is 11.5. The minimum absolute atomic E-state index is 0.125. The lowest BCUT2D eigenvalue weighted by atomic mass is 10.1. The molecule has 1 aromatic rings. The van der Waals surface area contributed by atoms with Crippen LogP contribution in [0.5, 0.6) is 0 Å². The minimum Gasteiger partial charge on any atom is -0.480 e. The van der Waals surface area contributed by atoms with Crippen LogP contribution in [0.2, 0.25) is 0 Å². The van der Waals surface area contributed by atoms with Crippen molar-refractivity contribution >= 4 is 23.6 Å². The average molecular weight is 297 g/mol. The van der Waals surface area contributed by atoms with Crippen molar-refractivity contribution in [1.82, 2.24) is 5.32 Å². The van der Waals surface area contributed by atoms with Crippen molar-refractivity contribution in [2.45, 2.75) is 25.8 Å². The highest BCUT2D eigenvalue weighted by atomic mass is 19.1. The molecule has 114 valence electrons. The summed E-state index contributed by atoms with van der Waals surface area (Å²) in [4.78, 5) is 33.3. The van der Waals surface area contributed by atoms with Gasteiger partial charge in [0.2, 0.25) is 5.91 Å². The zero-order chi connectivity index (χ0) is 16.0. The van der Waals surface area contributed by atoms with Gasteiger partial charge in [0, 0.05) is 12.1 Å². The number of nitrogens with two attached hydrogens (primary N) is 1. The average Bonchev–Trinajstić information content (AvgIpc) is 2.38. The molecular formula is C13H16FN3O4. The second-order valence-electron chi connectivity index (χ2n) is 4.45. The number of urea groups is 1. The number of rotatable bonds is 6. The molecule has 0 heterocycles. The number of aliphatic carboxylic acids is 1. The van der Waals surface area contributed by atoms with E-state index in [1.807, 2.05) is 0 Å². The highest BCUT2D eigenvalue weighted by Gasteiger charge is 2.20. The van der Waals surface area contributed by atoms with Crippen LogP contribution < -0.4 is 16.4 Å². The Morgan fingerprint density at radius 1 is 1.38 bits per heavy atom. The molecule has 0 aliphatic carbocycles. The summed E-state index contributed by atoms with van der Waals surface area (Å²) in [6, 6.07) is 1.78. The number of hydrogen-bond acceptors (Lipinski definition) is 3. The van der Waals surface area contributed by atoms with E-state index in [9.17, 15) is 18.8 Å². The van der Waals surface area contributed by atoms with Gasteiger partial charge in [0.25, 0.3) is 0 Å². The number of carboxylic acids is 1. The number of primary amides is 1. The van der Waals surface area contributed by atoms with Crippen molar-refractivity contribution in [3.63, 3.8) is 0 Å². The maximum atomic E-state index is 13.1. The summed E-state index contributed by atoms with van der Waals surface area (Å²) in [5.74, 6) is -2.48. The molecule has 1 atom stereocenters. The van der Waals surface area contributed by atoms with Gasteiger partial charge in [0.1, 0.15) is 11.9 Å². The van der Waals surface area contributed by atoms with Gasteiger partial charge in [-0.1, -0.05) is 6.07 Å². The summed E-state index contributed by atoms with van der Waals surface area (Å²) in [5.41, 5.74) is 5.78. The van der Waals surface area contributed by atoms with E-state index >= 15 is 0 Å². The second kappa shape index (κ2) is 7.22. The summed E-state index contributed by atoms with van der Waals surface area (Å²) < 4.78 is 13.1. The fourth-order valence-electron chi connectivity index (χ4n) is 1.59. The largest absolute Gasteiger partial charge is 0.480 e. The number of benzene rings is 1. The Labute approximate surface area is 120 Å². The fraction of sp³-hybridized carbons (Fsp3) is 0.308. The van der Waals surface area contributed by atoms with Crippen LogP contribution in [0.3, 0.4) is 0 Å². The van der Waals surface area contributed by atoms with Crippen LogP contribution in [0, 0.1) is 12.7 Å². The van der Waals surface area contributed by atoms with Crippen LogP contribution in [-0.2, 0) is 9.59 Å². The first-order chi connectivity index (χ1) is 9.79. The van der Waals surface area contributed by atoms with Gasteiger partial charge in [-0.2, -0.15) is 0 Å². The molecular weight excluding hydrogens is 281 g/mol. The number of anilines is 1. The van der Waals surface area contributed by atoms with Crippen LogP contribution in [0.25, 0.3) is 0 Å². The highest BCUT2D eigenvalue weighted by molar-refractivity contribution is 5.93. The molecule has 0 fully saturated rings. The van der Waals surface area contributed by atoms with Crippen LogP contribution >= 0.6 is 0 Å². The number of amides is 3. The Kier molecular flexibility index (Phi) is 5.65. The van der Waals surface area contributed by atoms with Crippen LogP contribution in [0.15, 0.2) is 18.2 Å². The second-order valence-corrected chi connectivity index (χ2v) is 4.45. The predicted octanol–water partition coefficient (Wildman–Crippen LogP) is 0.974. The third-order valence-corrected chi connectivity index (χ3v) is 2.73. The van der Waals surface area contributed by atoms with Crippen LogP contribution in [-0.4, -0.2) is 29.1 Å². The summed E-state index contributed by atoms with van der Waals surface area (Å²) in [6.45, 7) is 1.66. The topological polar surface area (TPSA) is 122 Å². The predicted molar refractivity (Wildman–Crippen MR) is 73.1 cm³/mol. The lowest BCUT2D eigenvalue weighted by Crippen LogP contribution is -2.43. The minimum atomic E-state index is -1.29. The molecule has 1 unspecified atom stereocenters. The van der Waals surface area contributed by atoms with Gasteiger partial charge >= 0.3 is 12.0 Å². The first kappa shape index (κ1) is 16.4. The van der Waals surface area contributed by atoms with E-state index in [4.69, 9.17) is 10.8 Å². The van der Waals surface area contributed by atoms with Crippen LogP contribution in [0.4, 0.5) is 14.9 Å². The van der Waals surface area contributed by atoms with Gasteiger partial charge in [-0.15, -0.1) is 0 Å². The van der Waals surface area contributed by atoms with Gasteiger partial charge in [0.05, 0.1) is 0 Å². The SMILES string of the molecule is Cc1ccc(F)cc1NC(=O)NC(CCC(N)=O)C(=O)O. The number of carbonyl (C=O) groups is 3. The maximum absolute atomic E-state index is 13.1. The molecule has 0 saturated heterocycles. The molecule has 0 aliphatic heterocycles. The van der Waals surface area contributed by atoms with Gasteiger partial charge in [-0.05, 0) is 31.0 Å². The van der Waals surface area contributed by atoms with E-state index in [0.717, 1.165) is 6.07 Å². The maximum Gasteiger partial charge on any atom is 0.326 e. The molecule has 0 aromatic heterocycles. The monoisotopic (exact) mass is 297 g/mol. The number of nitrogens with one attached hydrogen (secondary N) is 2. The van der Waals surface area contributed by atoms with E-state index in [2.05, 4.69) is 10.6 Å². The van der Waals surface area contributed by atoms with E-state index < -0.39 is 29.8 Å². The standard InChI is InChI=1S/C13H16FN3O4/c1-7-2-3-8(14)6-10(7)17-13(21)16-9(12(19)20)4-5-11(15)18/h2-3,6,9H,4-5H2,1H3,(H2,15,18)(H,19,20)(H2,16,17,21). The molecule has 5 N–H and O–H groups in total. The first-order valence-electron chi connectivity index (χ1n) is 6.14. The number of hydrogen-bond donors (Lipinski definition) is 4. The Hall–Kier alpha value is -2.64. The van der Waals surface area contributed by atoms with Crippen molar-refractivity contribution in [1.29, 1.82) is 0 Å². The van der Waals surface area contributed by atoms with Gasteiger partial charge < -0.3 is 21.5 Å². The van der Waals surface area contributed by atoms with Crippen molar-refractivity contribution in [3.8, 4) is 0 Å². The van der Waals surface area contributed by atoms with Crippen LogP contribution in [0.1, 0.15) is 18.4 Å². The summed E-state index contributed by atoms with van der Waals surface area (Å²) in [5, 5.41) is 13.5. The molecule has 0 radical (unpaired) electrons. The van der Waals surface area contributed by atoms with Crippen molar-refractivity contribution in [2.75, 3.05) is 5.32 Å².